The lowest BCUT2D eigenvalue weighted by Crippen LogP contribution is -2.35. The van der Waals surface area contributed by atoms with E-state index in [0.29, 0.717) is 19.5 Å². The molecule has 0 saturated carbocycles. The summed E-state index contributed by atoms with van der Waals surface area (Å²) in [4.78, 5) is 12.0. The minimum Gasteiger partial charge on any atom is -0.391 e. The van der Waals surface area contributed by atoms with E-state index in [1.807, 2.05) is 12.1 Å². The zero-order valence-corrected chi connectivity index (χ0v) is 12.0. The molecule has 4 nitrogen and oxygen atoms in total. The van der Waals surface area contributed by atoms with Gasteiger partial charge in [-0.25, -0.2) is 0 Å². The first-order valence-electron chi connectivity index (χ1n) is 6.84. The van der Waals surface area contributed by atoms with Crippen LogP contribution < -0.4 is 10.6 Å². The van der Waals surface area contributed by atoms with Crippen molar-refractivity contribution >= 4 is 27.3 Å². The van der Waals surface area contributed by atoms with E-state index in [4.69, 9.17) is 0 Å². The van der Waals surface area contributed by atoms with E-state index in [-0.39, 0.29) is 17.9 Å². The Balaban J connectivity index is 1.58. The Bertz CT molecular complexity index is 611. The van der Waals surface area contributed by atoms with Gasteiger partial charge in [-0.2, -0.15) is 0 Å². The van der Waals surface area contributed by atoms with E-state index in [0.717, 1.165) is 17.5 Å². The number of aliphatic hydroxyl groups excluding tert-OH is 1. The third-order valence-electron chi connectivity index (χ3n) is 3.78. The lowest BCUT2D eigenvalue weighted by molar-refractivity contribution is -0.120. The van der Waals surface area contributed by atoms with Crippen molar-refractivity contribution in [1.29, 1.82) is 0 Å². The highest BCUT2D eigenvalue weighted by molar-refractivity contribution is 7.17. The second-order valence-electron chi connectivity index (χ2n) is 5.22. The van der Waals surface area contributed by atoms with Gasteiger partial charge < -0.3 is 15.7 Å². The Morgan fingerprint density at radius 1 is 1.40 bits per heavy atom. The first kappa shape index (κ1) is 13.5. The third-order valence-corrected chi connectivity index (χ3v) is 4.79. The highest BCUT2D eigenvalue weighted by Crippen LogP contribution is 2.25. The molecule has 1 fully saturated rings. The van der Waals surface area contributed by atoms with Gasteiger partial charge in [0.2, 0.25) is 5.91 Å². The molecule has 106 valence electrons. The van der Waals surface area contributed by atoms with E-state index >= 15 is 0 Å². The molecule has 0 radical (unpaired) electrons. The molecule has 1 aromatic carbocycles. The summed E-state index contributed by atoms with van der Waals surface area (Å²) in [5.74, 6) is 0.144. The molecule has 0 aliphatic carbocycles. The van der Waals surface area contributed by atoms with E-state index < -0.39 is 0 Å². The van der Waals surface area contributed by atoms with E-state index in [2.05, 4.69) is 28.1 Å². The summed E-state index contributed by atoms with van der Waals surface area (Å²) in [5, 5.41) is 18.9. The number of aliphatic hydroxyl groups is 1. The van der Waals surface area contributed by atoms with Gasteiger partial charge in [-0.3, -0.25) is 4.79 Å². The number of carbonyl (C=O) groups excluding carboxylic acids is 1. The van der Waals surface area contributed by atoms with Gasteiger partial charge in [0.1, 0.15) is 0 Å². The van der Waals surface area contributed by atoms with Crippen molar-refractivity contribution in [3.8, 4) is 0 Å². The number of thiophene rings is 1. The van der Waals surface area contributed by atoms with Crippen molar-refractivity contribution in [2.24, 2.45) is 5.92 Å². The lowest BCUT2D eigenvalue weighted by Gasteiger charge is -2.13. The van der Waals surface area contributed by atoms with E-state index in [1.165, 1.54) is 4.70 Å². The Labute approximate surface area is 121 Å². The molecule has 3 N–H and O–H groups in total. The number of fused-ring (bicyclic) bond motifs is 1. The number of amides is 1. The fourth-order valence-electron chi connectivity index (χ4n) is 2.58. The Morgan fingerprint density at radius 3 is 3.05 bits per heavy atom. The van der Waals surface area contributed by atoms with Crippen molar-refractivity contribution in [3.63, 3.8) is 0 Å². The van der Waals surface area contributed by atoms with Gasteiger partial charge in [0.05, 0.1) is 12.5 Å². The normalized spacial score (nSPS) is 22.2. The number of nitrogens with one attached hydrogen (secondary N) is 2. The maximum Gasteiger partial charge on any atom is 0.224 e. The summed E-state index contributed by atoms with van der Waals surface area (Å²) >= 11 is 1.67. The molecule has 5 heteroatoms. The number of carbonyl (C=O) groups is 1. The molecular formula is C15H18N2O2S. The Hall–Kier alpha value is -1.43. The van der Waals surface area contributed by atoms with Crippen molar-refractivity contribution in [2.75, 3.05) is 19.6 Å². The van der Waals surface area contributed by atoms with Gasteiger partial charge in [-0.15, -0.1) is 11.3 Å². The minimum absolute atomic E-state index is 0.0210. The van der Waals surface area contributed by atoms with Gasteiger partial charge in [0.25, 0.3) is 0 Å². The van der Waals surface area contributed by atoms with Crippen LogP contribution in [0.3, 0.4) is 0 Å². The molecule has 0 spiro atoms. The Kier molecular flexibility index (Phi) is 4.00. The topological polar surface area (TPSA) is 61.4 Å². The minimum atomic E-state index is -0.350. The second-order valence-corrected chi connectivity index (χ2v) is 6.13. The highest BCUT2D eigenvalue weighted by Gasteiger charge is 2.25. The summed E-state index contributed by atoms with van der Waals surface area (Å²) in [6.07, 6.45) is 0.0533. The average Bonchev–Trinajstić information content (AvgIpc) is 3.04. The van der Waals surface area contributed by atoms with Crippen LogP contribution in [0.25, 0.3) is 10.1 Å². The van der Waals surface area contributed by atoms with Crippen LogP contribution in [-0.4, -0.2) is 36.8 Å². The van der Waals surface area contributed by atoms with Gasteiger partial charge in [0, 0.05) is 30.3 Å². The first-order valence-corrected chi connectivity index (χ1v) is 7.72. The maximum absolute atomic E-state index is 12.0. The SMILES string of the molecule is O=C(Cc1csc2ccccc12)NCC1CNCC1O. The van der Waals surface area contributed by atoms with Crippen LogP contribution >= 0.6 is 11.3 Å². The Morgan fingerprint density at radius 2 is 2.25 bits per heavy atom. The zero-order chi connectivity index (χ0) is 13.9. The predicted molar refractivity (Wildman–Crippen MR) is 80.9 cm³/mol. The fourth-order valence-corrected chi connectivity index (χ4v) is 3.54. The molecule has 1 aliphatic heterocycles. The van der Waals surface area contributed by atoms with Crippen LogP contribution in [0.2, 0.25) is 0 Å². The summed E-state index contributed by atoms with van der Waals surface area (Å²) in [7, 11) is 0. The third kappa shape index (κ3) is 2.85. The molecule has 1 aromatic heterocycles. The summed E-state index contributed by atoms with van der Waals surface area (Å²) in [6.45, 7) is 1.92. The molecule has 2 unspecified atom stereocenters. The van der Waals surface area contributed by atoms with Gasteiger partial charge >= 0.3 is 0 Å². The van der Waals surface area contributed by atoms with Crippen LogP contribution in [0.5, 0.6) is 0 Å². The van der Waals surface area contributed by atoms with Crippen LogP contribution in [0.15, 0.2) is 29.6 Å². The van der Waals surface area contributed by atoms with Crippen molar-refractivity contribution in [2.45, 2.75) is 12.5 Å². The van der Waals surface area contributed by atoms with Gasteiger partial charge in [-0.1, -0.05) is 18.2 Å². The smallest absolute Gasteiger partial charge is 0.224 e. The summed E-state index contributed by atoms with van der Waals surface area (Å²) in [6, 6.07) is 8.13. The molecule has 2 heterocycles. The largest absolute Gasteiger partial charge is 0.391 e. The van der Waals surface area contributed by atoms with Crippen molar-refractivity contribution in [1.82, 2.24) is 10.6 Å². The molecular weight excluding hydrogens is 272 g/mol. The van der Waals surface area contributed by atoms with Crippen LogP contribution in [0.4, 0.5) is 0 Å². The number of rotatable bonds is 4. The van der Waals surface area contributed by atoms with E-state index in [1.54, 1.807) is 11.3 Å². The molecule has 0 bridgehead atoms. The van der Waals surface area contributed by atoms with Crippen LogP contribution in [-0.2, 0) is 11.2 Å². The number of β-amino-alcohol motifs (C(OH)–C–C–N with tert-alkyl or cyclic N) is 1. The second kappa shape index (κ2) is 5.91. The molecule has 20 heavy (non-hydrogen) atoms. The summed E-state index contributed by atoms with van der Waals surface area (Å²) in [5.41, 5.74) is 1.08. The molecule has 1 saturated heterocycles. The van der Waals surface area contributed by atoms with E-state index in [9.17, 15) is 9.90 Å². The first-order chi connectivity index (χ1) is 9.74. The monoisotopic (exact) mass is 290 g/mol. The maximum atomic E-state index is 12.0. The predicted octanol–water partition coefficient (Wildman–Crippen LogP) is 1.14. The van der Waals surface area contributed by atoms with Crippen LogP contribution in [0, 0.1) is 5.92 Å². The van der Waals surface area contributed by atoms with Gasteiger partial charge in [-0.05, 0) is 22.4 Å². The lowest BCUT2D eigenvalue weighted by atomic mass is 10.1. The molecule has 1 aliphatic rings. The molecule has 1 amide bonds. The zero-order valence-electron chi connectivity index (χ0n) is 11.1. The number of benzene rings is 1. The van der Waals surface area contributed by atoms with Crippen molar-refractivity contribution < 1.29 is 9.90 Å². The molecule has 2 atom stereocenters. The average molecular weight is 290 g/mol. The highest BCUT2D eigenvalue weighted by atomic mass is 32.1. The van der Waals surface area contributed by atoms with Gasteiger partial charge in [0.15, 0.2) is 0 Å². The number of hydrogen-bond donors (Lipinski definition) is 3. The molecule has 3 rings (SSSR count). The van der Waals surface area contributed by atoms with Crippen LogP contribution in [0.1, 0.15) is 5.56 Å². The van der Waals surface area contributed by atoms with Crippen molar-refractivity contribution in [3.05, 3.63) is 35.2 Å². The molecule has 2 aromatic rings. The standard InChI is InChI=1S/C15H18N2O2S/c18-13-8-16-6-11(13)7-17-15(19)5-10-9-20-14-4-2-1-3-12(10)14/h1-4,9,11,13,16,18H,5-8H2,(H,17,19). The summed E-state index contributed by atoms with van der Waals surface area (Å²) < 4.78 is 1.21. The number of hydrogen-bond acceptors (Lipinski definition) is 4. The quantitative estimate of drug-likeness (QED) is 0.791. The fraction of sp³-hybridized carbons (Fsp3) is 0.400.